The fourth-order valence-electron chi connectivity index (χ4n) is 4.13. The lowest BCUT2D eigenvalue weighted by molar-refractivity contribution is 0.0697. The summed E-state index contributed by atoms with van der Waals surface area (Å²) in [6.45, 7) is 6.71. The standard InChI is InChI=1S/C28H26O2/c1-19(17-20-9-11-22(12-10-20)27(29)30)23-13-14-26-25(18-23)24(15-16-28(26,2)3)21-7-5-4-6-8-21/h4-15,17-18H,16H2,1-3H3,(H,29,30)/b19-17-. The first-order valence-corrected chi connectivity index (χ1v) is 10.3. The molecule has 0 heterocycles. The van der Waals surface area contributed by atoms with Gasteiger partial charge in [-0.3, -0.25) is 0 Å². The molecule has 3 aromatic carbocycles. The van der Waals surface area contributed by atoms with E-state index in [4.69, 9.17) is 5.11 Å². The number of carboxylic acid groups (broad SMARTS) is 1. The molecule has 0 saturated heterocycles. The topological polar surface area (TPSA) is 37.3 Å². The van der Waals surface area contributed by atoms with Gasteiger partial charge in [0.25, 0.3) is 0 Å². The van der Waals surface area contributed by atoms with Crippen molar-refractivity contribution >= 4 is 23.2 Å². The maximum Gasteiger partial charge on any atom is 0.335 e. The molecule has 1 N–H and O–H groups in total. The summed E-state index contributed by atoms with van der Waals surface area (Å²) in [6.07, 6.45) is 5.49. The molecule has 0 aromatic heterocycles. The minimum atomic E-state index is -0.903. The third kappa shape index (κ3) is 3.86. The highest BCUT2D eigenvalue weighted by Crippen LogP contribution is 2.42. The average Bonchev–Trinajstić information content (AvgIpc) is 2.74. The van der Waals surface area contributed by atoms with E-state index in [0.29, 0.717) is 5.56 Å². The first-order chi connectivity index (χ1) is 14.3. The van der Waals surface area contributed by atoms with Gasteiger partial charge in [0.2, 0.25) is 0 Å². The van der Waals surface area contributed by atoms with E-state index in [-0.39, 0.29) is 5.41 Å². The number of rotatable bonds is 4. The van der Waals surface area contributed by atoms with Crippen LogP contribution >= 0.6 is 0 Å². The number of hydrogen-bond donors (Lipinski definition) is 1. The first-order valence-electron chi connectivity index (χ1n) is 10.3. The number of aromatic carboxylic acids is 1. The van der Waals surface area contributed by atoms with E-state index in [2.05, 4.69) is 81.5 Å². The molecular formula is C28H26O2. The summed E-state index contributed by atoms with van der Waals surface area (Å²) in [5, 5.41) is 9.09. The molecule has 2 nitrogen and oxygen atoms in total. The van der Waals surface area contributed by atoms with Crippen molar-refractivity contribution in [3.05, 3.63) is 112 Å². The molecule has 1 aliphatic carbocycles. The van der Waals surface area contributed by atoms with Gasteiger partial charge in [-0.2, -0.15) is 0 Å². The molecule has 30 heavy (non-hydrogen) atoms. The van der Waals surface area contributed by atoms with E-state index in [1.54, 1.807) is 12.1 Å². The fourth-order valence-corrected chi connectivity index (χ4v) is 4.13. The lowest BCUT2D eigenvalue weighted by Gasteiger charge is -2.32. The second-order valence-electron chi connectivity index (χ2n) is 8.59. The Labute approximate surface area is 178 Å². The van der Waals surface area contributed by atoms with Crippen molar-refractivity contribution in [3.8, 4) is 0 Å². The lowest BCUT2D eigenvalue weighted by atomic mass is 9.71. The first kappa shape index (κ1) is 19.9. The van der Waals surface area contributed by atoms with Gasteiger partial charge in [-0.05, 0) is 75.9 Å². The largest absolute Gasteiger partial charge is 0.478 e. The SMILES string of the molecule is C/C(=C/c1ccc(C(=O)O)cc1)c1ccc2c(c1)C(c1ccccc1)=CCC2(C)C. The highest BCUT2D eigenvalue weighted by Gasteiger charge is 2.28. The van der Waals surface area contributed by atoms with Crippen LogP contribution in [0.1, 0.15) is 65.4 Å². The van der Waals surface area contributed by atoms with Gasteiger partial charge in [-0.15, -0.1) is 0 Å². The van der Waals surface area contributed by atoms with Gasteiger partial charge in [-0.1, -0.05) is 80.6 Å². The van der Waals surface area contributed by atoms with E-state index in [0.717, 1.165) is 17.6 Å². The van der Waals surface area contributed by atoms with Crippen LogP contribution in [0.15, 0.2) is 78.9 Å². The van der Waals surface area contributed by atoms with E-state index in [1.165, 1.54) is 27.8 Å². The Morgan fingerprint density at radius 1 is 0.933 bits per heavy atom. The molecule has 0 saturated carbocycles. The number of benzene rings is 3. The Morgan fingerprint density at radius 2 is 1.60 bits per heavy atom. The number of carboxylic acids is 1. The van der Waals surface area contributed by atoms with Crippen LogP contribution in [0, 0.1) is 0 Å². The molecule has 0 amide bonds. The Hall–Kier alpha value is -3.39. The second kappa shape index (κ2) is 7.79. The summed E-state index contributed by atoms with van der Waals surface area (Å²) in [5.74, 6) is -0.903. The van der Waals surface area contributed by atoms with Gasteiger partial charge in [0.1, 0.15) is 0 Å². The molecule has 150 valence electrons. The maximum atomic E-state index is 11.1. The zero-order valence-electron chi connectivity index (χ0n) is 17.6. The average molecular weight is 395 g/mol. The van der Waals surface area contributed by atoms with Crippen LogP contribution in [-0.4, -0.2) is 11.1 Å². The number of carbonyl (C=O) groups is 1. The predicted molar refractivity (Wildman–Crippen MR) is 125 cm³/mol. The Bertz CT molecular complexity index is 1150. The molecule has 0 bridgehead atoms. The number of fused-ring (bicyclic) bond motifs is 1. The van der Waals surface area contributed by atoms with Crippen molar-refractivity contribution in [2.45, 2.75) is 32.6 Å². The Morgan fingerprint density at radius 3 is 2.27 bits per heavy atom. The molecular weight excluding hydrogens is 368 g/mol. The van der Waals surface area contributed by atoms with Crippen molar-refractivity contribution in [1.82, 2.24) is 0 Å². The minimum Gasteiger partial charge on any atom is -0.478 e. The van der Waals surface area contributed by atoms with Gasteiger partial charge in [0.05, 0.1) is 5.56 Å². The van der Waals surface area contributed by atoms with E-state index < -0.39 is 5.97 Å². The summed E-state index contributed by atoms with van der Waals surface area (Å²) in [4.78, 5) is 11.1. The monoisotopic (exact) mass is 394 g/mol. The normalized spacial score (nSPS) is 15.3. The Kier molecular flexibility index (Phi) is 5.17. The van der Waals surface area contributed by atoms with Crippen LogP contribution < -0.4 is 0 Å². The molecule has 4 rings (SSSR count). The molecule has 0 aliphatic heterocycles. The van der Waals surface area contributed by atoms with E-state index in [1.807, 2.05) is 12.1 Å². The molecule has 0 atom stereocenters. The van der Waals surface area contributed by atoms with Crippen molar-refractivity contribution in [3.63, 3.8) is 0 Å². The van der Waals surface area contributed by atoms with Crippen LogP contribution in [0.25, 0.3) is 17.2 Å². The summed E-state index contributed by atoms with van der Waals surface area (Å²) in [7, 11) is 0. The molecule has 3 aromatic rings. The van der Waals surface area contributed by atoms with Gasteiger partial charge >= 0.3 is 5.97 Å². The molecule has 0 radical (unpaired) electrons. The van der Waals surface area contributed by atoms with Gasteiger partial charge < -0.3 is 5.11 Å². The summed E-state index contributed by atoms with van der Waals surface area (Å²) in [6, 6.07) is 24.3. The highest BCUT2D eigenvalue weighted by molar-refractivity contribution is 5.89. The molecule has 2 heteroatoms. The summed E-state index contributed by atoms with van der Waals surface area (Å²) < 4.78 is 0. The van der Waals surface area contributed by atoms with Gasteiger partial charge in [-0.25, -0.2) is 4.79 Å². The molecule has 0 fully saturated rings. The van der Waals surface area contributed by atoms with Gasteiger partial charge in [0, 0.05) is 0 Å². The van der Waals surface area contributed by atoms with Crippen LogP contribution in [0.5, 0.6) is 0 Å². The molecule has 0 spiro atoms. The molecule has 0 unspecified atom stereocenters. The van der Waals surface area contributed by atoms with Crippen molar-refractivity contribution < 1.29 is 9.90 Å². The smallest absolute Gasteiger partial charge is 0.335 e. The fraction of sp³-hybridized carbons (Fsp3) is 0.179. The van der Waals surface area contributed by atoms with Crippen LogP contribution in [0.3, 0.4) is 0 Å². The lowest BCUT2D eigenvalue weighted by Crippen LogP contribution is -2.22. The zero-order valence-corrected chi connectivity index (χ0v) is 17.6. The van der Waals surface area contributed by atoms with Crippen LogP contribution in [0.2, 0.25) is 0 Å². The van der Waals surface area contributed by atoms with E-state index in [9.17, 15) is 4.79 Å². The van der Waals surface area contributed by atoms with Crippen LogP contribution in [0.4, 0.5) is 0 Å². The minimum absolute atomic E-state index is 0.108. The molecule has 1 aliphatic rings. The zero-order chi connectivity index (χ0) is 21.3. The number of hydrogen-bond acceptors (Lipinski definition) is 1. The van der Waals surface area contributed by atoms with E-state index >= 15 is 0 Å². The van der Waals surface area contributed by atoms with Crippen molar-refractivity contribution in [2.75, 3.05) is 0 Å². The predicted octanol–water partition coefficient (Wildman–Crippen LogP) is 7.06. The third-order valence-electron chi connectivity index (χ3n) is 5.94. The van der Waals surface area contributed by atoms with Gasteiger partial charge in [0.15, 0.2) is 0 Å². The maximum absolute atomic E-state index is 11.1. The van der Waals surface area contributed by atoms with Crippen LogP contribution in [-0.2, 0) is 5.41 Å². The van der Waals surface area contributed by atoms with Crippen molar-refractivity contribution in [1.29, 1.82) is 0 Å². The quantitative estimate of drug-likeness (QED) is 0.481. The third-order valence-corrected chi connectivity index (χ3v) is 5.94. The Balaban J connectivity index is 1.75. The summed E-state index contributed by atoms with van der Waals surface area (Å²) in [5.41, 5.74) is 8.95. The number of allylic oxidation sites excluding steroid dienone is 2. The van der Waals surface area contributed by atoms with Crippen molar-refractivity contribution in [2.24, 2.45) is 0 Å². The second-order valence-corrected chi connectivity index (χ2v) is 8.59. The summed E-state index contributed by atoms with van der Waals surface area (Å²) >= 11 is 0. The highest BCUT2D eigenvalue weighted by atomic mass is 16.4.